The minimum atomic E-state index is -1.25. The van der Waals surface area contributed by atoms with E-state index in [1.54, 1.807) is 11.5 Å². The maximum Gasteiger partial charge on any atom is 0.341 e. The van der Waals surface area contributed by atoms with Crippen LogP contribution in [0.15, 0.2) is 16.9 Å². The van der Waals surface area contributed by atoms with Gasteiger partial charge in [-0.05, 0) is 31.4 Å². The Balaban J connectivity index is 2.58. The van der Waals surface area contributed by atoms with Gasteiger partial charge in [-0.2, -0.15) is 0 Å². The topological polar surface area (TPSA) is 68.5 Å². The molecule has 116 valence electrons. The Morgan fingerprint density at radius 1 is 1.45 bits per heavy atom. The first-order chi connectivity index (χ1) is 10.5. The molecule has 22 heavy (non-hydrogen) atoms. The largest absolute Gasteiger partial charge is 0.492 e. The van der Waals surface area contributed by atoms with Crippen molar-refractivity contribution in [3.63, 3.8) is 0 Å². The molecule has 0 radical (unpaired) electrons. The van der Waals surface area contributed by atoms with Crippen LogP contribution in [0.1, 0.15) is 41.9 Å². The summed E-state index contributed by atoms with van der Waals surface area (Å²) >= 11 is 0. The Morgan fingerprint density at radius 3 is 2.64 bits per heavy atom. The van der Waals surface area contributed by atoms with E-state index in [0.29, 0.717) is 17.6 Å². The molecule has 1 aromatic heterocycles. The van der Waals surface area contributed by atoms with Crippen LogP contribution in [0.4, 0.5) is 4.39 Å². The summed E-state index contributed by atoms with van der Waals surface area (Å²) in [5.74, 6) is -1.82. The number of pyridine rings is 1. The number of carboxylic acid groups (broad SMARTS) is 1. The van der Waals surface area contributed by atoms with Crippen LogP contribution in [0.2, 0.25) is 0 Å². The zero-order chi connectivity index (χ0) is 16.0. The van der Waals surface area contributed by atoms with Gasteiger partial charge in [0.2, 0.25) is 5.43 Å². The van der Waals surface area contributed by atoms with Crippen molar-refractivity contribution in [3.05, 3.63) is 39.4 Å². The number of hydrogen-bond donors (Lipinski definition) is 1. The smallest absolute Gasteiger partial charge is 0.341 e. The number of hydrogen-bond acceptors (Lipinski definition) is 3. The minimum absolute atomic E-state index is 0.00635. The highest BCUT2D eigenvalue weighted by Crippen LogP contribution is 2.41. The predicted octanol–water partition coefficient (Wildman–Crippen LogP) is 2.74. The van der Waals surface area contributed by atoms with Crippen LogP contribution in [0.5, 0.6) is 5.75 Å². The lowest BCUT2D eigenvalue weighted by Crippen LogP contribution is -2.24. The lowest BCUT2D eigenvalue weighted by Gasteiger charge is -2.20. The molecule has 1 aliphatic rings. The van der Waals surface area contributed by atoms with Gasteiger partial charge in [0.15, 0.2) is 11.6 Å². The first kappa shape index (κ1) is 14.6. The number of rotatable bonds is 4. The fourth-order valence-corrected chi connectivity index (χ4v) is 2.99. The summed E-state index contributed by atoms with van der Waals surface area (Å²) in [6.07, 6.45) is 2.14. The molecule has 0 saturated heterocycles. The van der Waals surface area contributed by atoms with E-state index in [1.165, 1.54) is 13.2 Å². The van der Waals surface area contributed by atoms with E-state index in [-0.39, 0.29) is 22.7 Å². The highest BCUT2D eigenvalue weighted by atomic mass is 19.1. The van der Waals surface area contributed by atoms with Gasteiger partial charge < -0.3 is 14.4 Å². The van der Waals surface area contributed by atoms with Gasteiger partial charge in [-0.1, -0.05) is 6.92 Å². The molecule has 0 spiro atoms. The molecule has 6 heteroatoms. The normalized spacial score (nSPS) is 14.3. The zero-order valence-electron chi connectivity index (χ0n) is 12.4. The van der Waals surface area contributed by atoms with Gasteiger partial charge in [-0.15, -0.1) is 0 Å². The molecule has 0 amide bonds. The number of carboxylic acids is 1. The predicted molar refractivity (Wildman–Crippen MR) is 79.3 cm³/mol. The number of halogens is 1. The quantitative estimate of drug-likeness (QED) is 0.943. The van der Waals surface area contributed by atoms with Gasteiger partial charge in [0.25, 0.3) is 0 Å². The molecule has 1 heterocycles. The van der Waals surface area contributed by atoms with Crippen molar-refractivity contribution in [2.45, 2.75) is 32.2 Å². The Kier molecular flexibility index (Phi) is 3.39. The van der Waals surface area contributed by atoms with E-state index in [4.69, 9.17) is 4.74 Å². The van der Waals surface area contributed by atoms with Gasteiger partial charge in [0.05, 0.1) is 18.0 Å². The van der Waals surface area contributed by atoms with E-state index in [1.807, 2.05) is 0 Å². The molecule has 0 bridgehead atoms. The van der Waals surface area contributed by atoms with Crippen LogP contribution in [0.3, 0.4) is 0 Å². The van der Waals surface area contributed by atoms with Crippen molar-refractivity contribution in [2.75, 3.05) is 7.11 Å². The fraction of sp³-hybridized carbons (Fsp3) is 0.375. The van der Waals surface area contributed by atoms with Crippen LogP contribution in [0.25, 0.3) is 10.9 Å². The third-order valence-electron chi connectivity index (χ3n) is 4.04. The van der Waals surface area contributed by atoms with E-state index in [2.05, 4.69) is 0 Å². The molecule has 1 fully saturated rings. The minimum Gasteiger partial charge on any atom is -0.492 e. The second kappa shape index (κ2) is 5.12. The van der Waals surface area contributed by atoms with Crippen LogP contribution in [-0.4, -0.2) is 22.8 Å². The van der Waals surface area contributed by atoms with E-state index >= 15 is 0 Å². The van der Waals surface area contributed by atoms with E-state index in [9.17, 15) is 19.1 Å². The summed E-state index contributed by atoms with van der Waals surface area (Å²) in [4.78, 5) is 24.1. The lowest BCUT2D eigenvalue weighted by molar-refractivity contribution is 0.0693. The second-order valence-corrected chi connectivity index (χ2v) is 5.39. The molecule has 3 rings (SSSR count). The van der Waals surface area contributed by atoms with Crippen LogP contribution in [-0.2, 0) is 6.42 Å². The molecule has 0 aliphatic heterocycles. The number of carbonyl (C=O) groups is 1. The van der Waals surface area contributed by atoms with Gasteiger partial charge >= 0.3 is 5.97 Å². The first-order valence-electron chi connectivity index (χ1n) is 7.18. The lowest BCUT2D eigenvalue weighted by atomic mass is 10.0. The van der Waals surface area contributed by atoms with Gasteiger partial charge in [0, 0.05) is 11.7 Å². The summed E-state index contributed by atoms with van der Waals surface area (Å²) in [6, 6.07) is 2.56. The van der Waals surface area contributed by atoms with Crippen molar-refractivity contribution < 1.29 is 19.0 Å². The number of ether oxygens (including phenoxy) is 1. The number of methoxy groups -OCH3 is 1. The Morgan fingerprint density at radius 2 is 2.14 bits per heavy atom. The Labute approximate surface area is 125 Å². The maximum absolute atomic E-state index is 14.1. The van der Waals surface area contributed by atoms with Crippen molar-refractivity contribution in [1.29, 1.82) is 0 Å². The van der Waals surface area contributed by atoms with E-state index < -0.39 is 17.2 Å². The van der Waals surface area contributed by atoms with Crippen molar-refractivity contribution in [2.24, 2.45) is 0 Å². The molecule has 1 aliphatic carbocycles. The fourth-order valence-electron chi connectivity index (χ4n) is 2.99. The number of benzene rings is 1. The van der Waals surface area contributed by atoms with Gasteiger partial charge in [-0.25, -0.2) is 9.18 Å². The highest BCUT2D eigenvalue weighted by molar-refractivity contribution is 5.96. The molecule has 5 nitrogen and oxygen atoms in total. The summed E-state index contributed by atoms with van der Waals surface area (Å²) < 4.78 is 21.0. The molecule has 0 unspecified atom stereocenters. The Hall–Kier alpha value is -2.37. The SMILES string of the molecule is CCc1c(C(=O)O)c(=O)c2ccc(F)c(OC)c2n1C1CC1. The van der Waals surface area contributed by atoms with Crippen LogP contribution in [0, 0.1) is 5.82 Å². The molecule has 2 aromatic rings. The summed E-state index contributed by atoms with van der Waals surface area (Å²) in [6.45, 7) is 1.79. The standard InChI is InChI=1S/C16H16FNO4/c1-3-11-12(16(20)21)14(19)9-6-7-10(17)15(22-2)13(9)18(11)8-4-5-8/h6-8H,3-5H2,1-2H3,(H,20,21). The number of fused-ring (bicyclic) bond motifs is 1. The van der Waals surface area contributed by atoms with Crippen molar-refractivity contribution in [1.82, 2.24) is 4.57 Å². The number of aromatic carboxylic acids is 1. The Bertz CT molecular complexity index is 836. The average molecular weight is 305 g/mol. The average Bonchev–Trinajstić information content (AvgIpc) is 3.30. The van der Waals surface area contributed by atoms with Crippen molar-refractivity contribution >= 4 is 16.9 Å². The van der Waals surface area contributed by atoms with Crippen molar-refractivity contribution in [3.8, 4) is 5.75 Å². The van der Waals surface area contributed by atoms with Gasteiger partial charge in [0.1, 0.15) is 5.56 Å². The maximum atomic E-state index is 14.1. The third kappa shape index (κ3) is 1.98. The second-order valence-electron chi connectivity index (χ2n) is 5.39. The van der Waals surface area contributed by atoms with Gasteiger partial charge in [-0.3, -0.25) is 4.79 Å². The monoisotopic (exact) mass is 305 g/mol. The molecule has 0 atom stereocenters. The molecule has 1 aromatic carbocycles. The van der Waals surface area contributed by atoms with Crippen LogP contribution >= 0.6 is 0 Å². The molecular weight excluding hydrogens is 289 g/mol. The van der Waals surface area contributed by atoms with E-state index in [0.717, 1.165) is 18.9 Å². The highest BCUT2D eigenvalue weighted by Gasteiger charge is 2.32. The van der Waals surface area contributed by atoms with Crippen LogP contribution < -0.4 is 10.2 Å². The summed E-state index contributed by atoms with van der Waals surface area (Å²) in [5.41, 5.74) is -0.0293. The summed E-state index contributed by atoms with van der Waals surface area (Å²) in [5, 5.41) is 9.61. The molecular formula is C16H16FNO4. The number of aromatic nitrogens is 1. The number of nitrogens with zero attached hydrogens (tertiary/aromatic N) is 1. The molecule has 1 saturated carbocycles. The molecule has 1 N–H and O–H groups in total. The third-order valence-corrected chi connectivity index (χ3v) is 4.04. The zero-order valence-corrected chi connectivity index (χ0v) is 12.4. The first-order valence-corrected chi connectivity index (χ1v) is 7.18. The summed E-state index contributed by atoms with van der Waals surface area (Å²) in [7, 11) is 1.34.